The molecule has 5 heteroatoms. The zero-order chi connectivity index (χ0) is 14.1. The SMILES string of the molecule is Nc1ccc(Nc2cc(Br)ccc2Br)c2ccncc12. The highest BCUT2D eigenvalue weighted by Crippen LogP contribution is 2.33. The monoisotopic (exact) mass is 391 g/mol. The first-order valence-corrected chi connectivity index (χ1v) is 7.58. The normalized spacial score (nSPS) is 10.7. The second kappa shape index (κ2) is 5.42. The van der Waals surface area contributed by atoms with Crippen LogP contribution in [0.25, 0.3) is 10.8 Å². The number of hydrogen-bond acceptors (Lipinski definition) is 3. The van der Waals surface area contributed by atoms with E-state index < -0.39 is 0 Å². The number of nitrogens with two attached hydrogens (primary N) is 1. The summed E-state index contributed by atoms with van der Waals surface area (Å²) in [4.78, 5) is 4.13. The fourth-order valence-corrected chi connectivity index (χ4v) is 2.77. The summed E-state index contributed by atoms with van der Waals surface area (Å²) < 4.78 is 2.02. The van der Waals surface area contributed by atoms with E-state index in [0.29, 0.717) is 0 Å². The van der Waals surface area contributed by atoms with E-state index in [9.17, 15) is 0 Å². The van der Waals surface area contributed by atoms with E-state index in [2.05, 4.69) is 42.2 Å². The van der Waals surface area contributed by atoms with E-state index in [4.69, 9.17) is 5.73 Å². The number of aromatic nitrogens is 1. The molecule has 0 atom stereocenters. The van der Waals surface area contributed by atoms with Crippen molar-refractivity contribution in [3.63, 3.8) is 0 Å². The molecule has 0 aliphatic heterocycles. The van der Waals surface area contributed by atoms with Gasteiger partial charge in [-0.05, 0) is 52.3 Å². The molecule has 0 fully saturated rings. The van der Waals surface area contributed by atoms with Gasteiger partial charge in [-0.25, -0.2) is 0 Å². The molecular weight excluding hydrogens is 382 g/mol. The number of benzene rings is 2. The lowest BCUT2D eigenvalue weighted by Gasteiger charge is -2.12. The second-order valence-corrected chi connectivity index (χ2v) is 6.14. The summed E-state index contributed by atoms with van der Waals surface area (Å²) in [5.74, 6) is 0. The van der Waals surface area contributed by atoms with Crippen molar-refractivity contribution in [2.45, 2.75) is 0 Å². The minimum absolute atomic E-state index is 0.729. The van der Waals surface area contributed by atoms with Gasteiger partial charge in [-0.15, -0.1) is 0 Å². The average Bonchev–Trinajstić information content (AvgIpc) is 2.46. The molecule has 100 valence electrons. The van der Waals surface area contributed by atoms with Crippen molar-refractivity contribution in [1.29, 1.82) is 0 Å². The highest BCUT2D eigenvalue weighted by Gasteiger charge is 2.06. The van der Waals surface area contributed by atoms with Crippen molar-refractivity contribution in [3.8, 4) is 0 Å². The molecule has 20 heavy (non-hydrogen) atoms. The summed E-state index contributed by atoms with van der Waals surface area (Å²) in [5.41, 5.74) is 8.70. The van der Waals surface area contributed by atoms with Crippen LogP contribution >= 0.6 is 31.9 Å². The molecule has 0 aliphatic carbocycles. The van der Waals surface area contributed by atoms with Crippen LogP contribution in [-0.2, 0) is 0 Å². The van der Waals surface area contributed by atoms with Gasteiger partial charge in [-0.2, -0.15) is 0 Å². The minimum atomic E-state index is 0.729. The number of anilines is 3. The van der Waals surface area contributed by atoms with Gasteiger partial charge in [-0.3, -0.25) is 4.98 Å². The zero-order valence-electron chi connectivity index (χ0n) is 10.4. The summed E-state index contributed by atoms with van der Waals surface area (Å²) in [6.07, 6.45) is 3.55. The predicted octanol–water partition coefficient (Wildman–Crippen LogP) is 5.09. The number of halogens is 2. The first kappa shape index (κ1) is 13.4. The fourth-order valence-electron chi connectivity index (χ4n) is 2.06. The summed E-state index contributed by atoms with van der Waals surface area (Å²) in [6, 6.07) is 11.8. The highest BCUT2D eigenvalue weighted by atomic mass is 79.9. The maximum Gasteiger partial charge on any atom is 0.0540 e. The van der Waals surface area contributed by atoms with Gasteiger partial charge < -0.3 is 11.1 Å². The standard InChI is InChI=1S/C15H11Br2N3/c16-9-1-2-12(17)15(7-9)20-14-4-3-13(18)11-8-19-6-5-10(11)14/h1-8,20H,18H2. The van der Waals surface area contributed by atoms with Crippen molar-refractivity contribution in [2.75, 3.05) is 11.1 Å². The van der Waals surface area contributed by atoms with Crippen LogP contribution < -0.4 is 11.1 Å². The summed E-state index contributed by atoms with van der Waals surface area (Å²) >= 11 is 7.03. The minimum Gasteiger partial charge on any atom is -0.398 e. The molecule has 0 bridgehead atoms. The lowest BCUT2D eigenvalue weighted by molar-refractivity contribution is 1.36. The zero-order valence-corrected chi connectivity index (χ0v) is 13.6. The molecule has 3 N–H and O–H groups in total. The van der Waals surface area contributed by atoms with Crippen molar-refractivity contribution >= 4 is 59.7 Å². The molecule has 0 saturated carbocycles. The third-order valence-corrected chi connectivity index (χ3v) is 4.23. The Kier molecular flexibility index (Phi) is 3.63. The lowest BCUT2D eigenvalue weighted by atomic mass is 10.1. The molecule has 3 nitrogen and oxygen atoms in total. The predicted molar refractivity (Wildman–Crippen MR) is 91.3 cm³/mol. The Morgan fingerprint density at radius 2 is 1.80 bits per heavy atom. The Morgan fingerprint density at radius 1 is 0.950 bits per heavy atom. The number of pyridine rings is 1. The van der Waals surface area contributed by atoms with Gasteiger partial charge in [0.25, 0.3) is 0 Å². The maximum atomic E-state index is 5.99. The highest BCUT2D eigenvalue weighted by molar-refractivity contribution is 9.11. The average molecular weight is 393 g/mol. The van der Waals surface area contributed by atoms with Gasteiger partial charge in [0, 0.05) is 43.5 Å². The molecule has 0 unspecified atom stereocenters. The first-order chi connectivity index (χ1) is 9.65. The Bertz CT molecular complexity index is 787. The van der Waals surface area contributed by atoms with Gasteiger partial charge in [0.15, 0.2) is 0 Å². The van der Waals surface area contributed by atoms with Crippen molar-refractivity contribution in [3.05, 3.63) is 57.7 Å². The van der Waals surface area contributed by atoms with E-state index in [1.807, 2.05) is 36.4 Å². The maximum absolute atomic E-state index is 5.99. The Balaban J connectivity index is 2.11. The van der Waals surface area contributed by atoms with E-state index in [-0.39, 0.29) is 0 Å². The molecule has 2 aromatic carbocycles. The van der Waals surface area contributed by atoms with Crippen LogP contribution in [0.3, 0.4) is 0 Å². The molecular formula is C15H11Br2N3. The molecule has 1 heterocycles. The molecule has 0 amide bonds. The largest absolute Gasteiger partial charge is 0.398 e. The van der Waals surface area contributed by atoms with Gasteiger partial charge in [-0.1, -0.05) is 15.9 Å². The Hall–Kier alpha value is -1.59. The summed E-state index contributed by atoms with van der Waals surface area (Å²) in [6.45, 7) is 0. The molecule has 0 spiro atoms. The van der Waals surface area contributed by atoms with Gasteiger partial charge in [0.05, 0.1) is 5.69 Å². The fraction of sp³-hybridized carbons (Fsp3) is 0. The second-order valence-electron chi connectivity index (χ2n) is 4.37. The number of nitrogens with one attached hydrogen (secondary N) is 1. The van der Waals surface area contributed by atoms with E-state index in [1.165, 1.54) is 0 Å². The smallest absolute Gasteiger partial charge is 0.0540 e. The molecule has 1 aromatic heterocycles. The summed E-state index contributed by atoms with van der Waals surface area (Å²) in [7, 11) is 0. The van der Waals surface area contributed by atoms with Crippen LogP contribution in [0.15, 0.2) is 57.7 Å². The van der Waals surface area contributed by atoms with Crippen LogP contribution in [0.1, 0.15) is 0 Å². The number of rotatable bonds is 2. The number of fused-ring (bicyclic) bond motifs is 1. The van der Waals surface area contributed by atoms with Crippen molar-refractivity contribution in [1.82, 2.24) is 4.98 Å². The lowest BCUT2D eigenvalue weighted by Crippen LogP contribution is -1.95. The first-order valence-electron chi connectivity index (χ1n) is 5.99. The van der Waals surface area contributed by atoms with E-state index in [1.54, 1.807) is 12.4 Å². The van der Waals surface area contributed by atoms with Crippen LogP contribution in [0.4, 0.5) is 17.1 Å². The molecule has 3 rings (SSSR count). The van der Waals surface area contributed by atoms with Gasteiger partial charge in [0.1, 0.15) is 0 Å². The molecule has 0 saturated heterocycles. The molecule has 0 aliphatic rings. The van der Waals surface area contributed by atoms with E-state index in [0.717, 1.165) is 36.8 Å². The van der Waals surface area contributed by atoms with Gasteiger partial charge >= 0.3 is 0 Å². The summed E-state index contributed by atoms with van der Waals surface area (Å²) in [5, 5.41) is 5.42. The van der Waals surface area contributed by atoms with Crippen LogP contribution in [-0.4, -0.2) is 4.98 Å². The third-order valence-electron chi connectivity index (χ3n) is 3.05. The third kappa shape index (κ3) is 2.51. The number of nitrogen functional groups attached to an aromatic ring is 1. The van der Waals surface area contributed by atoms with Crippen molar-refractivity contribution in [2.24, 2.45) is 0 Å². The van der Waals surface area contributed by atoms with E-state index >= 15 is 0 Å². The number of hydrogen-bond donors (Lipinski definition) is 2. The molecule has 3 aromatic rings. The molecule has 0 radical (unpaired) electrons. The van der Waals surface area contributed by atoms with Crippen LogP contribution in [0.5, 0.6) is 0 Å². The Morgan fingerprint density at radius 3 is 2.65 bits per heavy atom. The van der Waals surface area contributed by atoms with Crippen LogP contribution in [0.2, 0.25) is 0 Å². The van der Waals surface area contributed by atoms with Crippen LogP contribution in [0, 0.1) is 0 Å². The van der Waals surface area contributed by atoms with Crippen molar-refractivity contribution < 1.29 is 0 Å². The number of nitrogens with zero attached hydrogens (tertiary/aromatic N) is 1. The Labute approximate surface area is 133 Å². The topological polar surface area (TPSA) is 50.9 Å². The quantitative estimate of drug-likeness (QED) is 0.597. The van der Waals surface area contributed by atoms with Gasteiger partial charge in [0.2, 0.25) is 0 Å².